The molecule has 6 heteroatoms. The minimum Gasteiger partial charge on any atom is -0.308 e. The first-order valence-electron chi connectivity index (χ1n) is 8.72. The predicted molar refractivity (Wildman–Crippen MR) is 120 cm³/mol. The lowest BCUT2D eigenvalue weighted by molar-refractivity contribution is 0.0977. The Bertz CT molecular complexity index is 1170. The van der Waals surface area contributed by atoms with Gasteiger partial charge in [-0.05, 0) is 48.1 Å². The number of nitrogens with zero attached hydrogens (tertiary/aromatic N) is 1. The number of benzene rings is 3. The Labute approximate surface area is 172 Å². The van der Waals surface area contributed by atoms with E-state index in [1.54, 1.807) is 12.1 Å². The van der Waals surface area contributed by atoms with E-state index in [9.17, 15) is 4.79 Å². The monoisotopic (exact) mass is 403 g/mol. The highest BCUT2D eigenvalue weighted by molar-refractivity contribution is 7.80. The molecule has 1 heterocycles. The largest absolute Gasteiger partial charge is 0.308 e. The molecule has 1 aromatic heterocycles. The molecule has 0 atom stereocenters. The SMILES string of the molecule is Cc1ccc(C(=O)NC(=S)Nc2nc(-c3ccc4ccccc4c3)cs2)cc1. The fourth-order valence-corrected chi connectivity index (χ4v) is 3.80. The number of carbonyl (C=O) groups is 1. The third-order valence-corrected chi connectivity index (χ3v) is 5.27. The molecule has 3 aromatic carbocycles. The summed E-state index contributed by atoms with van der Waals surface area (Å²) >= 11 is 6.69. The molecule has 4 aromatic rings. The number of hydrogen-bond acceptors (Lipinski definition) is 4. The molecule has 0 aliphatic heterocycles. The van der Waals surface area contributed by atoms with Gasteiger partial charge in [0, 0.05) is 16.5 Å². The zero-order valence-corrected chi connectivity index (χ0v) is 16.7. The minimum absolute atomic E-state index is 0.227. The highest BCUT2D eigenvalue weighted by Gasteiger charge is 2.10. The smallest absolute Gasteiger partial charge is 0.257 e. The Hall–Kier alpha value is -3.09. The summed E-state index contributed by atoms with van der Waals surface area (Å²) in [5.41, 5.74) is 3.57. The van der Waals surface area contributed by atoms with Crippen LogP contribution >= 0.6 is 23.6 Å². The summed E-state index contributed by atoms with van der Waals surface area (Å²) in [6.45, 7) is 1.98. The number of thiazole rings is 1. The molecular formula is C22H17N3OS2. The highest BCUT2D eigenvalue weighted by atomic mass is 32.1. The third kappa shape index (κ3) is 4.08. The van der Waals surface area contributed by atoms with Gasteiger partial charge < -0.3 is 5.32 Å². The molecular weight excluding hydrogens is 386 g/mol. The Morgan fingerprint density at radius 2 is 1.75 bits per heavy atom. The van der Waals surface area contributed by atoms with E-state index in [1.165, 1.54) is 22.1 Å². The zero-order chi connectivity index (χ0) is 19.5. The van der Waals surface area contributed by atoms with Crippen LogP contribution in [0.25, 0.3) is 22.0 Å². The van der Waals surface area contributed by atoms with E-state index in [-0.39, 0.29) is 11.0 Å². The van der Waals surface area contributed by atoms with E-state index >= 15 is 0 Å². The summed E-state index contributed by atoms with van der Waals surface area (Å²) in [4.78, 5) is 16.8. The lowest BCUT2D eigenvalue weighted by atomic mass is 10.1. The second-order valence-corrected chi connectivity index (χ2v) is 7.64. The number of aromatic nitrogens is 1. The maximum absolute atomic E-state index is 12.3. The van der Waals surface area contributed by atoms with Crippen LogP contribution in [0.3, 0.4) is 0 Å². The summed E-state index contributed by atoms with van der Waals surface area (Å²) in [6, 6.07) is 21.8. The van der Waals surface area contributed by atoms with Crippen LogP contribution in [0.15, 0.2) is 72.1 Å². The van der Waals surface area contributed by atoms with E-state index in [2.05, 4.69) is 45.9 Å². The van der Waals surface area contributed by atoms with Crippen LogP contribution in [0.4, 0.5) is 5.13 Å². The van der Waals surface area contributed by atoms with Gasteiger partial charge in [0.05, 0.1) is 5.69 Å². The van der Waals surface area contributed by atoms with Crippen LogP contribution in [-0.4, -0.2) is 16.0 Å². The fraction of sp³-hybridized carbons (Fsp3) is 0.0455. The number of fused-ring (bicyclic) bond motifs is 1. The summed E-state index contributed by atoms with van der Waals surface area (Å²) in [5.74, 6) is -0.246. The van der Waals surface area contributed by atoms with E-state index in [1.807, 2.05) is 36.6 Å². The number of amides is 1. The van der Waals surface area contributed by atoms with Crippen LogP contribution < -0.4 is 10.6 Å². The molecule has 0 saturated heterocycles. The highest BCUT2D eigenvalue weighted by Crippen LogP contribution is 2.27. The van der Waals surface area contributed by atoms with E-state index in [4.69, 9.17) is 12.2 Å². The van der Waals surface area contributed by atoms with Gasteiger partial charge in [-0.15, -0.1) is 11.3 Å². The van der Waals surface area contributed by atoms with Gasteiger partial charge in [-0.3, -0.25) is 10.1 Å². The first-order valence-corrected chi connectivity index (χ1v) is 10.0. The van der Waals surface area contributed by atoms with Crippen molar-refractivity contribution in [3.63, 3.8) is 0 Å². The van der Waals surface area contributed by atoms with Crippen molar-refractivity contribution in [1.82, 2.24) is 10.3 Å². The molecule has 4 rings (SSSR count). The van der Waals surface area contributed by atoms with Gasteiger partial charge in [0.1, 0.15) is 0 Å². The lowest BCUT2D eigenvalue weighted by Crippen LogP contribution is -2.34. The van der Waals surface area contributed by atoms with Gasteiger partial charge in [-0.2, -0.15) is 0 Å². The Morgan fingerprint density at radius 3 is 2.54 bits per heavy atom. The van der Waals surface area contributed by atoms with Crippen molar-refractivity contribution >= 4 is 50.5 Å². The summed E-state index contributed by atoms with van der Waals surface area (Å²) in [7, 11) is 0. The standard InChI is InChI=1S/C22H17N3OS2/c1-14-6-8-16(9-7-14)20(26)24-21(27)25-22-23-19(13-28-22)18-11-10-15-4-2-3-5-17(15)12-18/h2-13H,1H3,(H2,23,24,25,26,27). The van der Waals surface area contributed by atoms with Gasteiger partial charge in [-0.25, -0.2) is 4.98 Å². The van der Waals surface area contributed by atoms with Gasteiger partial charge in [0.25, 0.3) is 5.91 Å². The second-order valence-electron chi connectivity index (χ2n) is 6.37. The summed E-state index contributed by atoms with van der Waals surface area (Å²) in [5, 5.41) is 10.9. The van der Waals surface area contributed by atoms with Crippen LogP contribution in [0.5, 0.6) is 0 Å². The van der Waals surface area contributed by atoms with E-state index in [0.717, 1.165) is 16.8 Å². The first kappa shape index (κ1) is 18.3. The Balaban J connectivity index is 1.44. The van der Waals surface area contributed by atoms with E-state index < -0.39 is 0 Å². The predicted octanol–water partition coefficient (Wildman–Crippen LogP) is 5.40. The normalized spacial score (nSPS) is 10.6. The maximum atomic E-state index is 12.3. The molecule has 4 nitrogen and oxygen atoms in total. The minimum atomic E-state index is -0.246. The van der Waals surface area contributed by atoms with Crippen molar-refractivity contribution in [1.29, 1.82) is 0 Å². The first-order chi connectivity index (χ1) is 13.6. The maximum Gasteiger partial charge on any atom is 0.257 e. The second kappa shape index (κ2) is 7.88. The number of rotatable bonds is 3. The van der Waals surface area contributed by atoms with Crippen molar-refractivity contribution in [2.75, 3.05) is 5.32 Å². The Morgan fingerprint density at radius 1 is 1.00 bits per heavy atom. The molecule has 0 bridgehead atoms. The molecule has 0 saturated carbocycles. The van der Waals surface area contributed by atoms with Crippen molar-refractivity contribution in [2.45, 2.75) is 6.92 Å². The summed E-state index contributed by atoms with van der Waals surface area (Å²) < 4.78 is 0. The average Bonchev–Trinajstić information content (AvgIpc) is 3.16. The molecule has 0 radical (unpaired) electrons. The number of carbonyl (C=O) groups excluding carboxylic acids is 1. The molecule has 0 spiro atoms. The number of nitrogens with one attached hydrogen (secondary N) is 2. The van der Waals surface area contributed by atoms with Gasteiger partial charge in [0.15, 0.2) is 10.2 Å². The molecule has 2 N–H and O–H groups in total. The third-order valence-electron chi connectivity index (χ3n) is 4.31. The van der Waals surface area contributed by atoms with Crippen molar-refractivity contribution < 1.29 is 4.79 Å². The van der Waals surface area contributed by atoms with Gasteiger partial charge in [-0.1, -0.05) is 54.1 Å². The van der Waals surface area contributed by atoms with Gasteiger partial charge >= 0.3 is 0 Å². The van der Waals surface area contributed by atoms with Crippen LogP contribution in [0.2, 0.25) is 0 Å². The van der Waals surface area contributed by atoms with Crippen LogP contribution in [0, 0.1) is 6.92 Å². The quantitative estimate of drug-likeness (QED) is 0.450. The molecule has 0 aliphatic rings. The molecule has 0 unspecified atom stereocenters. The Kier molecular flexibility index (Phi) is 5.14. The summed E-state index contributed by atoms with van der Waals surface area (Å²) in [6.07, 6.45) is 0. The molecule has 28 heavy (non-hydrogen) atoms. The van der Waals surface area contributed by atoms with E-state index in [0.29, 0.717) is 10.7 Å². The topological polar surface area (TPSA) is 54.0 Å². The zero-order valence-electron chi connectivity index (χ0n) is 15.1. The van der Waals surface area contributed by atoms with Crippen LogP contribution in [0.1, 0.15) is 15.9 Å². The lowest BCUT2D eigenvalue weighted by Gasteiger charge is -2.07. The molecule has 138 valence electrons. The number of hydrogen-bond donors (Lipinski definition) is 2. The van der Waals surface area contributed by atoms with Gasteiger partial charge in [0.2, 0.25) is 0 Å². The average molecular weight is 404 g/mol. The van der Waals surface area contributed by atoms with Crippen LogP contribution in [-0.2, 0) is 0 Å². The number of aryl methyl sites for hydroxylation is 1. The molecule has 1 amide bonds. The number of anilines is 1. The fourth-order valence-electron chi connectivity index (χ4n) is 2.82. The van der Waals surface area contributed by atoms with Crippen molar-refractivity contribution in [2.24, 2.45) is 0 Å². The van der Waals surface area contributed by atoms with Crippen molar-refractivity contribution in [3.8, 4) is 11.3 Å². The number of thiocarbonyl (C=S) groups is 1. The molecule has 0 fully saturated rings. The van der Waals surface area contributed by atoms with Crippen molar-refractivity contribution in [3.05, 3.63) is 83.2 Å². The molecule has 0 aliphatic carbocycles.